The van der Waals surface area contributed by atoms with Crippen LogP contribution >= 0.6 is 0 Å². The van der Waals surface area contributed by atoms with Crippen molar-refractivity contribution < 1.29 is 18.3 Å². The molecule has 178 valence electrons. The van der Waals surface area contributed by atoms with Crippen LogP contribution in [0.2, 0.25) is 0 Å². The molecule has 1 saturated heterocycles. The minimum Gasteiger partial charge on any atom is -0.379 e. The monoisotopic (exact) mass is 466 g/mol. The van der Waals surface area contributed by atoms with E-state index in [1.165, 1.54) is 24.3 Å². The molecule has 0 saturated carbocycles. The van der Waals surface area contributed by atoms with Gasteiger partial charge in [0.05, 0.1) is 24.9 Å². The number of amides is 1. The lowest BCUT2D eigenvalue weighted by molar-refractivity contribution is 0.0161. The zero-order chi connectivity index (χ0) is 23.5. The smallest absolute Gasteiger partial charge is 0.272 e. The van der Waals surface area contributed by atoms with Gasteiger partial charge in [0.15, 0.2) is 5.69 Å². The van der Waals surface area contributed by atoms with Gasteiger partial charge in [0.25, 0.3) is 5.91 Å². The van der Waals surface area contributed by atoms with Gasteiger partial charge in [-0.15, -0.1) is 0 Å². The number of halogens is 2. The second-order valence-electron chi connectivity index (χ2n) is 8.80. The van der Waals surface area contributed by atoms with Crippen LogP contribution < -0.4 is 5.32 Å². The lowest BCUT2D eigenvalue weighted by Crippen LogP contribution is -2.44. The lowest BCUT2D eigenvalue weighted by Gasteiger charge is -2.34. The number of benzene rings is 2. The highest BCUT2D eigenvalue weighted by molar-refractivity contribution is 5.94. The van der Waals surface area contributed by atoms with Crippen molar-refractivity contribution in [1.82, 2.24) is 20.0 Å². The normalized spacial score (nSPS) is 17.2. The van der Waals surface area contributed by atoms with Gasteiger partial charge in [-0.25, -0.2) is 13.5 Å². The van der Waals surface area contributed by atoms with E-state index in [1.54, 1.807) is 22.9 Å². The topological polar surface area (TPSA) is 59.4 Å². The fourth-order valence-electron chi connectivity index (χ4n) is 4.91. The molecule has 1 aliphatic heterocycles. The first-order valence-electron chi connectivity index (χ1n) is 11.8. The molecule has 6 nitrogen and oxygen atoms in total. The van der Waals surface area contributed by atoms with Gasteiger partial charge in [-0.2, -0.15) is 5.10 Å². The first-order chi connectivity index (χ1) is 16.6. The number of morpholine rings is 1. The molecule has 2 heterocycles. The standard InChI is InChI=1S/C26H28F2N4O2/c27-19-8-10-21(11-9-19)32-23-7-2-1-6-22(23)25(30-32)26(33)29-17-24(31-12-14-34-15-13-31)18-4-3-5-20(28)16-18/h3-5,8-11,16,24H,1-2,6-7,12-15,17H2,(H,29,33). The largest absolute Gasteiger partial charge is 0.379 e. The first-order valence-corrected chi connectivity index (χ1v) is 11.8. The van der Waals surface area contributed by atoms with E-state index < -0.39 is 0 Å². The molecule has 0 radical (unpaired) electrons. The van der Waals surface area contributed by atoms with E-state index in [1.807, 2.05) is 6.07 Å². The minimum atomic E-state index is -0.311. The van der Waals surface area contributed by atoms with E-state index in [4.69, 9.17) is 4.74 Å². The molecule has 1 aliphatic carbocycles. The number of hydrogen-bond acceptors (Lipinski definition) is 4. The summed E-state index contributed by atoms with van der Waals surface area (Å²) in [5.41, 5.74) is 3.95. The maximum atomic E-state index is 14.0. The van der Waals surface area contributed by atoms with Crippen molar-refractivity contribution in [3.05, 3.63) is 82.7 Å². The molecule has 8 heteroatoms. The van der Waals surface area contributed by atoms with Crippen LogP contribution in [0.25, 0.3) is 5.69 Å². The van der Waals surface area contributed by atoms with Crippen LogP contribution in [0.1, 0.15) is 46.2 Å². The fraction of sp³-hybridized carbons (Fsp3) is 0.385. The highest BCUT2D eigenvalue weighted by atomic mass is 19.1. The second-order valence-corrected chi connectivity index (χ2v) is 8.80. The maximum Gasteiger partial charge on any atom is 0.272 e. The zero-order valence-corrected chi connectivity index (χ0v) is 19.0. The van der Waals surface area contributed by atoms with E-state index in [9.17, 15) is 13.6 Å². The number of ether oxygens (including phenoxy) is 1. The van der Waals surface area contributed by atoms with Gasteiger partial charge >= 0.3 is 0 Å². The summed E-state index contributed by atoms with van der Waals surface area (Å²) in [4.78, 5) is 15.6. The summed E-state index contributed by atoms with van der Waals surface area (Å²) in [6.07, 6.45) is 3.64. The molecule has 34 heavy (non-hydrogen) atoms. The van der Waals surface area contributed by atoms with Crippen LogP contribution in [0.4, 0.5) is 8.78 Å². The molecule has 1 N–H and O–H groups in total. The van der Waals surface area contributed by atoms with Crippen LogP contribution in [-0.4, -0.2) is 53.4 Å². The van der Waals surface area contributed by atoms with Gasteiger partial charge in [0, 0.05) is 30.9 Å². The highest BCUT2D eigenvalue weighted by Gasteiger charge is 2.28. The molecule has 1 unspecified atom stereocenters. The van der Waals surface area contributed by atoms with Gasteiger partial charge < -0.3 is 10.1 Å². The molecule has 2 aromatic carbocycles. The second kappa shape index (κ2) is 10.0. The van der Waals surface area contributed by atoms with Crippen LogP contribution in [0.3, 0.4) is 0 Å². The van der Waals surface area contributed by atoms with Gasteiger partial charge in [-0.1, -0.05) is 12.1 Å². The number of rotatable bonds is 6. The molecule has 5 rings (SSSR count). The molecule has 1 fully saturated rings. The highest BCUT2D eigenvalue weighted by Crippen LogP contribution is 2.28. The van der Waals surface area contributed by atoms with Crippen LogP contribution in [0.15, 0.2) is 48.5 Å². The van der Waals surface area contributed by atoms with Crippen LogP contribution in [-0.2, 0) is 17.6 Å². The predicted molar refractivity (Wildman–Crippen MR) is 124 cm³/mol. The molecule has 1 amide bonds. The number of carbonyl (C=O) groups excluding carboxylic acids is 1. The Morgan fingerprint density at radius 1 is 1.03 bits per heavy atom. The summed E-state index contributed by atoms with van der Waals surface area (Å²) in [6.45, 7) is 2.97. The molecule has 0 bridgehead atoms. The van der Waals surface area contributed by atoms with Crippen LogP contribution in [0, 0.1) is 11.6 Å². The Hall–Kier alpha value is -3.10. The van der Waals surface area contributed by atoms with E-state index in [2.05, 4.69) is 15.3 Å². The average molecular weight is 467 g/mol. The van der Waals surface area contributed by atoms with E-state index in [-0.39, 0.29) is 23.6 Å². The number of fused-ring (bicyclic) bond motifs is 1. The Kier molecular flexibility index (Phi) is 6.69. The van der Waals surface area contributed by atoms with Crippen molar-refractivity contribution in [2.45, 2.75) is 31.7 Å². The summed E-state index contributed by atoms with van der Waals surface area (Å²) < 4.78 is 34.7. The van der Waals surface area contributed by atoms with Crippen LogP contribution in [0.5, 0.6) is 0 Å². The van der Waals surface area contributed by atoms with Gasteiger partial charge in [0.1, 0.15) is 11.6 Å². The summed E-state index contributed by atoms with van der Waals surface area (Å²) in [6, 6.07) is 12.5. The number of nitrogens with one attached hydrogen (secondary N) is 1. The van der Waals surface area contributed by atoms with E-state index >= 15 is 0 Å². The van der Waals surface area contributed by atoms with Gasteiger partial charge in [-0.3, -0.25) is 9.69 Å². The summed E-state index contributed by atoms with van der Waals surface area (Å²) in [5, 5.41) is 7.72. The molecule has 0 spiro atoms. The zero-order valence-electron chi connectivity index (χ0n) is 19.0. The summed E-state index contributed by atoms with van der Waals surface area (Å²) in [7, 11) is 0. The Bertz CT molecular complexity index is 1160. The van der Waals surface area contributed by atoms with E-state index in [0.717, 1.165) is 48.2 Å². The van der Waals surface area contributed by atoms with Crippen molar-refractivity contribution in [3.8, 4) is 5.69 Å². The minimum absolute atomic E-state index is 0.168. The quantitative estimate of drug-likeness (QED) is 0.600. The molecular weight excluding hydrogens is 438 g/mol. The fourth-order valence-corrected chi connectivity index (χ4v) is 4.91. The molecular formula is C26H28F2N4O2. The number of aromatic nitrogens is 2. The first kappa shape index (κ1) is 22.7. The third-order valence-electron chi connectivity index (χ3n) is 6.64. The molecule has 1 aromatic heterocycles. The van der Waals surface area contributed by atoms with Crippen molar-refractivity contribution >= 4 is 5.91 Å². The third kappa shape index (κ3) is 4.74. The van der Waals surface area contributed by atoms with Gasteiger partial charge in [-0.05, 0) is 67.6 Å². The average Bonchev–Trinajstić information content (AvgIpc) is 3.25. The summed E-state index contributed by atoms with van der Waals surface area (Å²) >= 11 is 0. The molecule has 2 aliphatic rings. The van der Waals surface area contributed by atoms with Gasteiger partial charge in [0.2, 0.25) is 0 Å². The Morgan fingerprint density at radius 2 is 1.79 bits per heavy atom. The predicted octanol–water partition coefficient (Wildman–Crippen LogP) is 3.83. The third-order valence-corrected chi connectivity index (χ3v) is 6.64. The Morgan fingerprint density at radius 3 is 2.56 bits per heavy atom. The number of carbonyl (C=O) groups is 1. The van der Waals surface area contributed by atoms with Crippen molar-refractivity contribution in [2.24, 2.45) is 0 Å². The lowest BCUT2D eigenvalue weighted by atomic mass is 9.95. The Balaban J connectivity index is 1.40. The number of nitrogens with zero attached hydrogens (tertiary/aromatic N) is 3. The van der Waals surface area contributed by atoms with Crippen molar-refractivity contribution in [1.29, 1.82) is 0 Å². The number of hydrogen-bond donors (Lipinski definition) is 1. The van der Waals surface area contributed by atoms with E-state index in [0.29, 0.717) is 38.5 Å². The Labute approximate surface area is 197 Å². The SMILES string of the molecule is O=C(NCC(c1cccc(F)c1)N1CCOCC1)c1nn(-c2ccc(F)cc2)c2c1CCCC2. The summed E-state index contributed by atoms with van der Waals surface area (Å²) in [5.74, 6) is -0.850. The van der Waals surface area contributed by atoms with Crippen molar-refractivity contribution in [3.63, 3.8) is 0 Å². The molecule has 3 aromatic rings. The maximum absolute atomic E-state index is 14.0. The molecule has 1 atom stereocenters. The van der Waals surface area contributed by atoms with Crippen molar-refractivity contribution in [2.75, 3.05) is 32.8 Å².